The molecule has 0 spiro atoms. The van der Waals surface area contributed by atoms with Crippen LogP contribution in [0.3, 0.4) is 0 Å². The van der Waals surface area contributed by atoms with Gasteiger partial charge in [-0.15, -0.1) is 0 Å². The van der Waals surface area contributed by atoms with E-state index in [1.807, 2.05) is 17.2 Å². The van der Waals surface area contributed by atoms with E-state index in [0.717, 1.165) is 25.9 Å². The SMILES string of the molecule is CC(NC(=O)N1CCCC1)c1ccsc1. The van der Waals surface area contributed by atoms with Gasteiger partial charge in [-0.05, 0) is 42.2 Å². The standard InChI is InChI=1S/C11H16N2OS/c1-9(10-4-7-15-8-10)12-11(14)13-5-2-3-6-13/h4,7-9H,2-3,5-6H2,1H3,(H,12,14). The molecule has 4 heteroatoms. The predicted molar refractivity (Wildman–Crippen MR) is 62.1 cm³/mol. The van der Waals surface area contributed by atoms with Gasteiger partial charge in [0.15, 0.2) is 0 Å². The van der Waals surface area contributed by atoms with Gasteiger partial charge in [-0.3, -0.25) is 0 Å². The Kier molecular flexibility index (Phi) is 3.26. The lowest BCUT2D eigenvalue weighted by atomic mass is 10.2. The summed E-state index contributed by atoms with van der Waals surface area (Å²) in [4.78, 5) is 13.7. The molecule has 1 aliphatic rings. The van der Waals surface area contributed by atoms with Gasteiger partial charge in [-0.25, -0.2) is 4.79 Å². The fourth-order valence-electron chi connectivity index (χ4n) is 1.80. The average Bonchev–Trinajstić information content (AvgIpc) is 2.91. The number of urea groups is 1. The van der Waals surface area contributed by atoms with E-state index in [-0.39, 0.29) is 12.1 Å². The monoisotopic (exact) mass is 224 g/mol. The summed E-state index contributed by atoms with van der Waals surface area (Å²) >= 11 is 1.66. The predicted octanol–water partition coefficient (Wildman–Crippen LogP) is 2.61. The van der Waals surface area contributed by atoms with Crippen LogP contribution in [0.5, 0.6) is 0 Å². The molecule has 0 aromatic carbocycles. The molecule has 0 bridgehead atoms. The van der Waals surface area contributed by atoms with E-state index in [4.69, 9.17) is 0 Å². The van der Waals surface area contributed by atoms with Crippen molar-refractivity contribution in [2.24, 2.45) is 0 Å². The van der Waals surface area contributed by atoms with Gasteiger partial charge in [-0.1, -0.05) is 0 Å². The Bertz CT molecular complexity index is 317. The lowest BCUT2D eigenvalue weighted by Gasteiger charge is -2.19. The van der Waals surface area contributed by atoms with Crippen molar-refractivity contribution in [3.8, 4) is 0 Å². The lowest BCUT2D eigenvalue weighted by molar-refractivity contribution is 0.205. The molecule has 82 valence electrons. The van der Waals surface area contributed by atoms with Crippen molar-refractivity contribution in [3.63, 3.8) is 0 Å². The number of nitrogens with one attached hydrogen (secondary N) is 1. The number of rotatable bonds is 2. The Balaban J connectivity index is 1.88. The summed E-state index contributed by atoms with van der Waals surface area (Å²) in [6.45, 7) is 3.83. The minimum atomic E-state index is 0.0752. The second-order valence-electron chi connectivity index (χ2n) is 3.92. The molecule has 1 aromatic heterocycles. The highest BCUT2D eigenvalue weighted by atomic mass is 32.1. The third-order valence-corrected chi connectivity index (χ3v) is 3.48. The summed E-state index contributed by atoms with van der Waals surface area (Å²) in [7, 11) is 0. The minimum absolute atomic E-state index is 0.0752. The van der Waals surface area contributed by atoms with Crippen molar-refractivity contribution in [2.75, 3.05) is 13.1 Å². The van der Waals surface area contributed by atoms with Crippen molar-refractivity contribution in [1.29, 1.82) is 0 Å². The molecular formula is C11H16N2OS. The number of likely N-dealkylation sites (tertiary alicyclic amines) is 1. The summed E-state index contributed by atoms with van der Waals surface area (Å²) < 4.78 is 0. The normalized spacial score (nSPS) is 17.8. The molecule has 2 amide bonds. The second-order valence-corrected chi connectivity index (χ2v) is 4.70. The Hall–Kier alpha value is -1.03. The van der Waals surface area contributed by atoms with Crippen molar-refractivity contribution in [3.05, 3.63) is 22.4 Å². The maximum Gasteiger partial charge on any atom is 0.317 e. The van der Waals surface area contributed by atoms with E-state index in [1.54, 1.807) is 11.3 Å². The molecule has 15 heavy (non-hydrogen) atoms. The largest absolute Gasteiger partial charge is 0.331 e. The average molecular weight is 224 g/mol. The summed E-state index contributed by atoms with van der Waals surface area (Å²) in [6, 6.07) is 2.25. The van der Waals surface area contributed by atoms with Gasteiger partial charge >= 0.3 is 6.03 Å². The van der Waals surface area contributed by atoms with Crippen molar-refractivity contribution in [1.82, 2.24) is 10.2 Å². The van der Waals surface area contributed by atoms with Crippen LogP contribution in [-0.4, -0.2) is 24.0 Å². The molecule has 2 rings (SSSR count). The number of thiophene rings is 1. The van der Waals surface area contributed by atoms with E-state index < -0.39 is 0 Å². The molecular weight excluding hydrogens is 208 g/mol. The van der Waals surface area contributed by atoms with Crippen LogP contribution < -0.4 is 5.32 Å². The molecule has 0 radical (unpaired) electrons. The molecule has 0 aliphatic carbocycles. The second kappa shape index (κ2) is 4.66. The van der Waals surface area contributed by atoms with Crippen molar-refractivity contribution in [2.45, 2.75) is 25.8 Å². The summed E-state index contributed by atoms with van der Waals surface area (Å²) in [5.74, 6) is 0. The van der Waals surface area contributed by atoms with Crippen LogP contribution in [0.2, 0.25) is 0 Å². The quantitative estimate of drug-likeness (QED) is 0.823. The van der Waals surface area contributed by atoms with E-state index in [0.29, 0.717) is 0 Å². The highest BCUT2D eigenvalue weighted by Crippen LogP contribution is 2.16. The molecule has 1 unspecified atom stereocenters. The number of nitrogens with zero attached hydrogens (tertiary/aromatic N) is 1. The molecule has 2 heterocycles. The Morgan fingerprint density at radius 3 is 2.87 bits per heavy atom. The van der Waals surface area contributed by atoms with Crippen LogP contribution in [-0.2, 0) is 0 Å². The number of hydrogen-bond donors (Lipinski definition) is 1. The maximum atomic E-state index is 11.8. The zero-order valence-electron chi connectivity index (χ0n) is 8.90. The van der Waals surface area contributed by atoms with Gasteiger partial charge in [0.25, 0.3) is 0 Å². The molecule has 3 nitrogen and oxygen atoms in total. The first-order valence-corrected chi connectivity index (χ1v) is 6.29. The summed E-state index contributed by atoms with van der Waals surface area (Å²) in [6.07, 6.45) is 2.28. The molecule has 1 N–H and O–H groups in total. The first kappa shape index (κ1) is 10.5. The maximum absolute atomic E-state index is 11.8. The molecule has 1 saturated heterocycles. The van der Waals surface area contributed by atoms with Gasteiger partial charge in [0.1, 0.15) is 0 Å². The third-order valence-electron chi connectivity index (χ3n) is 2.78. The highest BCUT2D eigenvalue weighted by molar-refractivity contribution is 7.07. The highest BCUT2D eigenvalue weighted by Gasteiger charge is 2.19. The van der Waals surface area contributed by atoms with Crippen molar-refractivity contribution < 1.29 is 4.79 Å². The fraction of sp³-hybridized carbons (Fsp3) is 0.545. The van der Waals surface area contributed by atoms with Gasteiger partial charge in [0, 0.05) is 13.1 Å². The number of carbonyl (C=O) groups is 1. The Morgan fingerprint density at radius 2 is 2.27 bits per heavy atom. The van der Waals surface area contributed by atoms with Crippen LogP contribution in [0.15, 0.2) is 16.8 Å². The van der Waals surface area contributed by atoms with Crippen LogP contribution in [0.1, 0.15) is 31.4 Å². The number of hydrogen-bond acceptors (Lipinski definition) is 2. The Morgan fingerprint density at radius 1 is 1.53 bits per heavy atom. The van der Waals surface area contributed by atoms with Crippen molar-refractivity contribution >= 4 is 17.4 Å². The smallest absolute Gasteiger partial charge is 0.317 e. The van der Waals surface area contributed by atoms with Gasteiger partial charge in [0.2, 0.25) is 0 Å². The van der Waals surface area contributed by atoms with Gasteiger partial charge in [0.05, 0.1) is 6.04 Å². The van der Waals surface area contributed by atoms with Crippen LogP contribution in [0.25, 0.3) is 0 Å². The van der Waals surface area contributed by atoms with Crippen LogP contribution in [0.4, 0.5) is 4.79 Å². The molecule has 1 atom stereocenters. The van der Waals surface area contributed by atoms with Gasteiger partial charge < -0.3 is 10.2 Å². The zero-order chi connectivity index (χ0) is 10.7. The van der Waals surface area contributed by atoms with E-state index in [2.05, 4.69) is 16.8 Å². The Labute approximate surface area is 94.1 Å². The molecule has 1 aliphatic heterocycles. The first-order chi connectivity index (χ1) is 7.27. The molecule has 1 aromatic rings. The molecule has 0 saturated carbocycles. The molecule has 1 fully saturated rings. The third kappa shape index (κ3) is 2.50. The zero-order valence-corrected chi connectivity index (χ0v) is 9.72. The van der Waals surface area contributed by atoms with Gasteiger partial charge in [-0.2, -0.15) is 11.3 Å². The summed E-state index contributed by atoms with van der Waals surface area (Å²) in [5, 5.41) is 7.13. The van der Waals surface area contributed by atoms with Crippen LogP contribution in [0, 0.1) is 0 Å². The van der Waals surface area contributed by atoms with Crippen LogP contribution >= 0.6 is 11.3 Å². The minimum Gasteiger partial charge on any atom is -0.331 e. The van der Waals surface area contributed by atoms with E-state index in [1.165, 1.54) is 5.56 Å². The fourth-order valence-corrected chi connectivity index (χ4v) is 2.56. The number of amides is 2. The summed E-state index contributed by atoms with van der Waals surface area (Å²) in [5.41, 5.74) is 1.19. The lowest BCUT2D eigenvalue weighted by Crippen LogP contribution is -2.39. The topological polar surface area (TPSA) is 32.3 Å². The first-order valence-electron chi connectivity index (χ1n) is 5.35. The van der Waals surface area contributed by atoms with E-state index >= 15 is 0 Å². The van der Waals surface area contributed by atoms with E-state index in [9.17, 15) is 4.79 Å². The number of carbonyl (C=O) groups excluding carboxylic acids is 1.